The van der Waals surface area contributed by atoms with Gasteiger partial charge in [0.25, 0.3) is 5.91 Å². The summed E-state index contributed by atoms with van der Waals surface area (Å²) in [5.74, 6) is 0.0783. The van der Waals surface area contributed by atoms with Crippen LogP contribution in [-0.2, 0) is 4.79 Å². The number of nitrogens with one attached hydrogen (secondary N) is 2. The predicted molar refractivity (Wildman–Crippen MR) is 89.8 cm³/mol. The van der Waals surface area contributed by atoms with Gasteiger partial charge in [0.1, 0.15) is 5.69 Å². The Morgan fingerprint density at radius 3 is 2.70 bits per heavy atom. The van der Waals surface area contributed by atoms with Gasteiger partial charge in [-0.2, -0.15) is 0 Å². The van der Waals surface area contributed by atoms with Crippen molar-refractivity contribution in [1.82, 2.24) is 20.1 Å². The van der Waals surface area contributed by atoms with Gasteiger partial charge in [0, 0.05) is 44.1 Å². The monoisotopic (exact) mass is 337 g/mol. The molecule has 1 saturated carbocycles. The van der Waals surface area contributed by atoms with Gasteiger partial charge in [0.15, 0.2) is 5.13 Å². The number of anilines is 1. The van der Waals surface area contributed by atoms with E-state index in [1.807, 2.05) is 11.8 Å². The maximum atomic E-state index is 12.4. The third-order valence-electron chi connectivity index (χ3n) is 4.02. The maximum Gasteiger partial charge on any atom is 0.273 e. The zero-order valence-corrected chi connectivity index (χ0v) is 14.2. The molecule has 0 atom stereocenters. The molecule has 1 aromatic heterocycles. The molecule has 1 aromatic rings. The molecule has 2 N–H and O–H groups in total. The van der Waals surface area contributed by atoms with Crippen LogP contribution in [-0.4, -0.2) is 71.9 Å². The average Bonchev–Trinajstić information content (AvgIpc) is 3.23. The number of carbonyl (C=O) groups excluding carboxylic acids is 2. The van der Waals surface area contributed by atoms with Gasteiger partial charge in [-0.15, -0.1) is 11.3 Å². The fourth-order valence-corrected chi connectivity index (χ4v) is 3.34. The van der Waals surface area contributed by atoms with Crippen LogP contribution in [0.25, 0.3) is 0 Å². The first kappa shape index (κ1) is 16.2. The molecule has 3 rings (SSSR count). The SMILES string of the molecule is CCNc1nc(C(=O)N2CCN(CC(=O)NC3CC3)CC2)cs1. The average molecular weight is 337 g/mol. The standard InChI is InChI=1S/C15H23N5O2S/c1-2-16-15-18-12(10-23-15)14(22)20-7-5-19(6-8-20)9-13(21)17-11-3-4-11/h10-11H,2-9H2,1H3,(H,16,18)(H,17,21). The number of rotatable bonds is 6. The Morgan fingerprint density at radius 2 is 2.04 bits per heavy atom. The number of nitrogens with zero attached hydrogens (tertiary/aromatic N) is 3. The minimum absolute atomic E-state index is 0.0208. The minimum atomic E-state index is -0.0208. The summed E-state index contributed by atoms with van der Waals surface area (Å²) in [6.45, 7) is 5.97. The van der Waals surface area contributed by atoms with Gasteiger partial charge >= 0.3 is 0 Å². The molecule has 0 radical (unpaired) electrons. The van der Waals surface area contributed by atoms with Crippen molar-refractivity contribution in [1.29, 1.82) is 0 Å². The summed E-state index contributed by atoms with van der Waals surface area (Å²) in [5.41, 5.74) is 0.505. The minimum Gasteiger partial charge on any atom is -0.362 e. The molecular formula is C15H23N5O2S. The molecule has 1 aliphatic heterocycles. The van der Waals surface area contributed by atoms with E-state index in [1.54, 1.807) is 5.38 Å². The number of piperazine rings is 1. The number of thiazole rings is 1. The van der Waals surface area contributed by atoms with E-state index in [9.17, 15) is 9.59 Å². The van der Waals surface area contributed by atoms with E-state index in [0.717, 1.165) is 37.6 Å². The van der Waals surface area contributed by atoms with Gasteiger partial charge in [-0.05, 0) is 19.8 Å². The molecule has 2 amide bonds. The van der Waals surface area contributed by atoms with Gasteiger partial charge < -0.3 is 15.5 Å². The molecular weight excluding hydrogens is 314 g/mol. The lowest BCUT2D eigenvalue weighted by atomic mass is 10.3. The van der Waals surface area contributed by atoms with Gasteiger partial charge in [-0.3, -0.25) is 14.5 Å². The van der Waals surface area contributed by atoms with Gasteiger partial charge in [-0.25, -0.2) is 4.98 Å². The van der Waals surface area contributed by atoms with Crippen molar-refractivity contribution in [2.24, 2.45) is 0 Å². The van der Waals surface area contributed by atoms with E-state index >= 15 is 0 Å². The highest BCUT2D eigenvalue weighted by molar-refractivity contribution is 7.13. The summed E-state index contributed by atoms with van der Waals surface area (Å²) < 4.78 is 0. The number of hydrogen-bond acceptors (Lipinski definition) is 6. The Balaban J connectivity index is 1.45. The smallest absolute Gasteiger partial charge is 0.273 e. The Morgan fingerprint density at radius 1 is 1.30 bits per heavy atom. The summed E-state index contributed by atoms with van der Waals surface area (Å²) in [4.78, 5) is 32.5. The molecule has 8 heteroatoms. The summed E-state index contributed by atoms with van der Waals surface area (Å²) in [7, 11) is 0. The molecule has 0 spiro atoms. The second-order valence-corrected chi connectivity index (χ2v) is 6.84. The van der Waals surface area contributed by atoms with Crippen molar-refractivity contribution in [2.45, 2.75) is 25.8 Å². The van der Waals surface area contributed by atoms with E-state index in [2.05, 4.69) is 20.5 Å². The van der Waals surface area contributed by atoms with Crippen LogP contribution in [0.3, 0.4) is 0 Å². The highest BCUT2D eigenvalue weighted by Crippen LogP contribution is 2.19. The van der Waals surface area contributed by atoms with E-state index in [-0.39, 0.29) is 11.8 Å². The predicted octanol–water partition coefficient (Wildman–Crippen LogP) is 0.611. The largest absolute Gasteiger partial charge is 0.362 e. The second kappa shape index (κ2) is 7.27. The van der Waals surface area contributed by atoms with Crippen molar-refractivity contribution in [3.63, 3.8) is 0 Å². The van der Waals surface area contributed by atoms with E-state index in [0.29, 0.717) is 31.4 Å². The molecule has 7 nitrogen and oxygen atoms in total. The maximum absolute atomic E-state index is 12.4. The number of amides is 2. The van der Waals surface area contributed by atoms with Crippen LogP contribution < -0.4 is 10.6 Å². The fraction of sp³-hybridized carbons (Fsp3) is 0.667. The lowest BCUT2D eigenvalue weighted by Gasteiger charge is -2.33. The fourth-order valence-electron chi connectivity index (χ4n) is 2.58. The van der Waals surface area contributed by atoms with Crippen molar-refractivity contribution < 1.29 is 9.59 Å². The molecule has 126 valence electrons. The Kier molecular flexibility index (Phi) is 5.12. The summed E-state index contributed by atoms with van der Waals surface area (Å²) >= 11 is 1.45. The van der Waals surface area contributed by atoms with Crippen molar-refractivity contribution in [2.75, 3.05) is 44.6 Å². The molecule has 2 heterocycles. The molecule has 1 aliphatic carbocycles. The molecule has 2 aliphatic rings. The van der Waals surface area contributed by atoms with Gasteiger partial charge in [0.2, 0.25) is 5.91 Å². The highest BCUT2D eigenvalue weighted by atomic mass is 32.1. The van der Waals surface area contributed by atoms with Crippen LogP contribution >= 0.6 is 11.3 Å². The first-order valence-corrected chi connectivity index (χ1v) is 9.04. The van der Waals surface area contributed by atoms with E-state index in [4.69, 9.17) is 0 Å². The number of hydrogen-bond donors (Lipinski definition) is 2. The normalized spacial score (nSPS) is 18.7. The van der Waals surface area contributed by atoms with Gasteiger partial charge in [-0.1, -0.05) is 0 Å². The van der Waals surface area contributed by atoms with Crippen molar-refractivity contribution in [3.05, 3.63) is 11.1 Å². The topological polar surface area (TPSA) is 77.6 Å². The first-order chi connectivity index (χ1) is 11.2. The summed E-state index contributed by atoms with van der Waals surface area (Å²) in [5, 5.41) is 8.70. The highest BCUT2D eigenvalue weighted by Gasteiger charge is 2.27. The summed E-state index contributed by atoms with van der Waals surface area (Å²) in [6.07, 6.45) is 2.22. The second-order valence-electron chi connectivity index (χ2n) is 5.98. The molecule has 1 saturated heterocycles. The Labute approximate surface area is 140 Å². The molecule has 2 fully saturated rings. The van der Waals surface area contributed by atoms with Crippen LogP contribution in [0.4, 0.5) is 5.13 Å². The third kappa shape index (κ3) is 4.42. The quantitative estimate of drug-likeness (QED) is 0.795. The lowest BCUT2D eigenvalue weighted by Crippen LogP contribution is -2.51. The van der Waals surface area contributed by atoms with E-state index < -0.39 is 0 Å². The van der Waals surface area contributed by atoms with Crippen LogP contribution in [0.1, 0.15) is 30.3 Å². The van der Waals surface area contributed by atoms with Crippen LogP contribution in [0, 0.1) is 0 Å². The third-order valence-corrected chi connectivity index (χ3v) is 4.82. The lowest BCUT2D eigenvalue weighted by molar-refractivity contribution is -0.122. The number of aromatic nitrogens is 1. The number of carbonyl (C=O) groups is 2. The zero-order valence-electron chi connectivity index (χ0n) is 13.4. The first-order valence-electron chi connectivity index (χ1n) is 8.16. The van der Waals surface area contributed by atoms with Gasteiger partial charge in [0.05, 0.1) is 6.54 Å². The molecule has 0 aromatic carbocycles. The van der Waals surface area contributed by atoms with E-state index in [1.165, 1.54) is 11.3 Å². The molecule has 23 heavy (non-hydrogen) atoms. The molecule has 0 unspecified atom stereocenters. The van der Waals surface area contributed by atoms with Crippen LogP contribution in [0.2, 0.25) is 0 Å². The Bertz CT molecular complexity index is 564. The van der Waals surface area contributed by atoms with Crippen LogP contribution in [0.5, 0.6) is 0 Å². The van der Waals surface area contributed by atoms with Crippen LogP contribution in [0.15, 0.2) is 5.38 Å². The summed E-state index contributed by atoms with van der Waals surface area (Å²) in [6, 6.07) is 0.404. The van der Waals surface area contributed by atoms with Crippen molar-refractivity contribution in [3.8, 4) is 0 Å². The van der Waals surface area contributed by atoms with Crippen molar-refractivity contribution >= 4 is 28.3 Å². The Hall–Kier alpha value is -1.67. The zero-order chi connectivity index (χ0) is 16.2. The molecule has 0 bridgehead atoms.